The molecule has 0 aliphatic rings. The van der Waals surface area contributed by atoms with Crippen LogP contribution in [0.5, 0.6) is 5.75 Å². The molecule has 1 aromatic carbocycles. The van der Waals surface area contributed by atoms with E-state index in [1.165, 1.54) is 24.2 Å². The third kappa shape index (κ3) is 6.52. The first kappa shape index (κ1) is 24.3. The van der Waals surface area contributed by atoms with Crippen LogP contribution in [0, 0.1) is 13.8 Å². The maximum atomic E-state index is 12.5. The van der Waals surface area contributed by atoms with Crippen LogP contribution in [0.3, 0.4) is 0 Å². The van der Waals surface area contributed by atoms with Crippen LogP contribution >= 0.6 is 39.5 Å². The molecule has 9 heteroatoms. The molecule has 0 unspecified atom stereocenters. The number of ether oxygens (including phenoxy) is 1. The van der Waals surface area contributed by atoms with Gasteiger partial charge in [-0.2, -0.15) is 0 Å². The first-order valence-electron chi connectivity index (χ1n) is 9.69. The molecule has 162 valence electrons. The van der Waals surface area contributed by atoms with Crippen LogP contribution in [0.2, 0.25) is 0 Å². The molecule has 0 saturated heterocycles. The summed E-state index contributed by atoms with van der Waals surface area (Å²) in [6.07, 6.45) is 4.51. The number of thiocarbonyl (C=S) groups is 1. The first-order valence-corrected chi connectivity index (χ1v) is 11.7. The predicted octanol–water partition coefficient (Wildman–Crippen LogP) is 5.31. The molecule has 0 fully saturated rings. The lowest BCUT2D eigenvalue weighted by molar-refractivity contribution is 0.0975. The largest absolute Gasteiger partial charge is 0.492 e. The van der Waals surface area contributed by atoms with Crippen LogP contribution in [0.15, 0.2) is 22.7 Å². The summed E-state index contributed by atoms with van der Waals surface area (Å²) < 4.78 is 6.47. The lowest BCUT2D eigenvalue weighted by Crippen LogP contribution is -2.34. The second-order valence-electron chi connectivity index (χ2n) is 6.81. The van der Waals surface area contributed by atoms with Gasteiger partial charge in [0.2, 0.25) is 0 Å². The second kappa shape index (κ2) is 11.4. The van der Waals surface area contributed by atoms with Crippen LogP contribution in [0.4, 0.5) is 5.00 Å². The number of carbonyl (C=O) groups excluding carboxylic acids is 2. The van der Waals surface area contributed by atoms with Crippen molar-refractivity contribution < 1.29 is 14.3 Å². The summed E-state index contributed by atoms with van der Waals surface area (Å²) in [5.74, 6) is -0.213. The second-order valence-corrected chi connectivity index (χ2v) is 9.30. The lowest BCUT2D eigenvalue weighted by Gasteiger charge is -2.11. The SMILES string of the molecule is CCCCCCOc1ccc(C(=O)NC(=S)Nc2sc(C)c(C)c2C(N)=O)cc1Br. The fraction of sp³-hybridized carbons (Fsp3) is 0.381. The smallest absolute Gasteiger partial charge is 0.257 e. The van der Waals surface area contributed by atoms with Crippen molar-refractivity contribution in [2.45, 2.75) is 46.5 Å². The van der Waals surface area contributed by atoms with Gasteiger partial charge in [-0.3, -0.25) is 14.9 Å². The number of amides is 2. The van der Waals surface area contributed by atoms with E-state index in [1.807, 2.05) is 13.8 Å². The van der Waals surface area contributed by atoms with Crippen molar-refractivity contribution in [1.82, 2.24) is 5.32 Å². The van der Waals surface area contributed by atoms with E-state index in [0.29, 0.717) is 33.0 Å². The molecule has 6 nitrogen and oxygen atoms in total. The average molecular weight is 512 g/mol. The minimum absolute atomic E-state index is 0.0936. The van der Waals surface area contributed by atoms with Crippen LogP contribution in [0.1, 0.15) is 63.8 Å². The van der Waals surface area contributed by atoms with E-state index in [-0.39, 0.29) is 11.0 Å². The quantitative estimate of drug-likeness (QED) is 0.313. The van der Waals surface area contributed by atoms with E-state index >= 15 is 0 Å². The maximum absolute atomic E-state index is 12.5. The molecule has 0 bridgehead atoms. The standard InChI is InChI=1S/C21H26BrN3O3S2/c1-4-5-6-7-10-28-16-9-8-14(11-15(16)22)19(27)24-21(29)25-20-17(18(23)26)12(2)13(3)30-20/h8-9,11H,4-7,10H2,1-3H3,(H2,23,26)(H2,24,25,27,29). The maximum Gasteiger partial charge on any atom is 0.257 e. The van der Waals surface area contributed by atoms with E-state index in [9.17, 15) is 9.59 Å². The molecule has 2 aromatic rings. The molecular weight excluding hydrogens is 486 g/mol. The van der Waals surface area contributed by atoms with Gasteiger partial charge in [0.1, 0.15) is 10.8 Å². The minimum Gasteiger partial charge on any atom is -0.492 e. The Kier molecular flexibility index (Phi) is 9.26. The Morgan fingerprint density at radius 1 is 1.23 bits per heavy atom. The number of rotatable bonds is 9. The molecule has 2 rings (SSSR count). The zero-order chi connectivity index (χ0) is 22.3. The highest BCUT2D eigenvalue weighted by Crippen LogP contribution is 2.32. The van der Waals surface area contributed by atoms with Crippen LogP contribution in [0.25, 0.3) is 0 Å². The van der Waals surface area contributed by atoms with Crippen molar-refractivity contribution >= 4 is 61.4 Å². The van der Waals surface area contributed by atoms with Gasteiger partial charge < -0.3 is 15.8 Å². The van der Waals surface area contributed by atoms with Gasteiger partial charge in [-0.25, -0.2) is 0 Å². The van der Waals surface area contributed by atoms with Crippen LogP contribution < -0.4 is 21.1 Å². The molecular formula is C21H26BrN3O3S2. The molecule has 0 atom stereocenters. The van der Waals surface area contributed by atoms with Crippen molar-refractivity contribution in [1.29, 1.82) is 0 Å². The summed E-state index contributed by atoms with van der Waals surface area (Å²) in [4.78, 5) is 25.2. The van der Waals surface area contributed by atoms with Crippen LogP contribution in [-0.4, -0.2) is 23.5 Å². The van der Waals surface area contributed by atoms with E-state index < -0.39 is 5.91 Å². The summed E-state index contributed by atoms with van der Waals surface area (Å²) in [6.45, 7) is 6.52. The van der Waals surface area contributed by atoms with Gasteiger partial charge in [-0.1, -0.05) is 26.2 Å². The Morgan fingerprint density at radius 2 is 1.97 bits per heavy atom. The Morgan fingerprint density at radius 3 is 2.60 bits per heavy atom. The van der Waals surface area contributed by atoms with Crippen molar-refractivity contribution in [3.8, 4) is 5.75 Å². The summed E-state index contributed by atoms with van der Waals surface area (Å²) in [6, 6.07) is 5.12. The Balaban J connectivity index is 1.97. The van der Waals surface area contributed by atoms with Crippen LogP contribution in [-0.2, 0) is 0 Å². The Labute approximate surface area is 194 Å². The number of benzene rings is 1. The molecule has 1 heterocycles. The van der Waals surface area contributed by atoms with Gasteiger partial charge in [0, 0.05) is 10.4 Å². The molecule has 1 aromatic heterocycles. The summed E-state index contributed by atoms with van der Waals surface area (Å²) in [7, 11) is 0. The third-order valence-corrected chi connectivity index (χ3v) is 6.48. The molecule has 0 aliphatic heterocycles. The Bertz CT molecular complexity index is 944. The molecule has 4 N–H and O–H groups in total. The molecule has 0 saturated carbocycles. The van der Waals surface area contributed by atoms with Gasteiger partial charge in [0.05, 0.1) is 16.6 Å². The van der Waals surface area contributed by atoms with Gasteiger partial charge in [0.15, 0.2) is 5.11 Å². The van der Waals surface area contributed by atoms with Crippen molar-refractivity contribution in [2.75, 3.05) is 11.9 Å². The Hall–Kier alpha value is -1.97. The number of aryl methyl sites for hydroxylation is 1. The van der Waals surface area contributed by atoms with Crippen molar-refractivity contribution in [2.24, 2.45) is 5.73 Å². The number of hydrogen-bond acceptors (Lipinski definition) is 5. The van der Waals surface area contributed by atoms with Crippen molar-refractivity contribution in [3.05, 3.63) is 44.2 Å². The number of halogens is 1. The molecule has 0 spiro atoms. The highest BCUT2D eigenvalue weighted by molar-refractivity contribution is 9.10. The fourth-order valence-electron chi connectivity index (χ4n) is 2.79. The van der Waals surface area contributed by atoms with E-state index in [0.717, 1.165) is 23.3 Å². The van der Waals surface area contributed by atoms with Gasteiger partial charge in [0.25, 0.3) is 11.8 Å². The molecule has 0 radical (unpaired) electrons. The molecule has 30 heavy (non-hydrogen) atoms. The zero-order valence-corrected chi connectivity index (χ0v) is 20.5. The first-order chi connectivity index (χ1) is 14.2. The topological polar surface area (TPSA) is 93.4 Å². The minimum atomic E-state index is -0.539. The van der Waals surface area contributed by atoms with E-state index in [4.69, 9.17) is 22.7 Å². The number of carbonyl (C=O) groups is 2. The van der Waals surface area contributed by atoms with Gasteiger partial charge in [-0.05, 0) is 72.2 Å². The lowest BCUT2D eigenvalue weighted by atomic mass is 10.1. The third-order valence-electron chi connectivity index (χ3n) is 4.54. The average Bonchev–Trinajstić information content (AvgIpc) is 2.95. The number of anilines is 1. The summed E-state index contributed by atoms with van der Waals surface area (Å²) in [5, 5.41) is 6.15. The zero-order valence-electron chi connectivity index (χ0n) is 17.3. The number of nitrogens with two attached hydrogens (primary N) is 1. The number of nitrogens with one attached hydrogen (secondary N) is 2. The number of unbranched alkanes of at least 4 members (excludes halogenated alkanes) is 3. The monoisotopic (exact) mass is 511 g/mol. The van der Waals surface area contributed by atoms with Gasteiger partial charge in [-0.15, -0.1) is 11.3 Å². The predicted molar refractivity (Wildman–Crippen MR) is 130 cm³/mol. The van der Waals surface area contributed by atoms with E-state index in [1.54, 1.807) is 18.2 Å². The summed E-state index contributed by atoms with van der Waals surface area (Å²) in [5.41, 5.74) is 7.09. The number of thiophene rings is 1. The normalized spacial score (nSPS) is 10.5. The fourth-order valence-corrected chi connectivity index (χ4v) is 4.61. The van der Waals surface area contributed by atoms with Crippen molar-refractivity contribution in [3.63, 3.8) is 0 Å². The molecule has 2 amide bonds. The van der Waals surface area contributed by atoms with E-state index in [2.05, 4.69) is 33.5 Å². The van der Waals surface area contributed by atoms with Gasteiger partial charge >= 0.3 is 0 Å². The molecule has 0 aliphatic carbocycles. The highest BCUT2D eigenvalue weighted by Gasteiger charge is 2.19. The number of hydrogen-bond donors (Lipinski definition) is 3. The highest BCUT2D eigenvalue weighted by atomic mass is 79.9. The summed E-state index contributed by atoms with van der Waals surface area (Å²) >= 11 is 10.1. The number of primary amides is 1.